The summed E-state index contributed by atoms with van der Waals surface area (Å²) in [4.78, 5) is 26.1. The molecule has 0 heterocycles. The number of rotatable bonds is 9. The summed E-state index contributed by atoms with van der Waals surface area (Å²) in [5.74, 6) is -1.32. The predicted octanol–water partition coefficient (Wildman–Crippen LogP) is 6.03. The average molecular weight is 424 g/mol. The van der Waals surface area contributed by atoms with Crippen molar-refractivity contribution in [1.29, 1.82) is 0 Å². The number of anilines is 1. The molecule has 0 saturated heterocycles. The van der Waals surface area contributed by atoms with Gasteiger partial charge in [-0.05, 0) is 76.9 Å². The summed E-state index contributed by atoms with van der Waals surface area (Å²) in [5.41, 5.74) is 3.27. The van der Waals surface area contributed by atoms with E-state index in [0.29, 0.717) is 29.8 Å². The number of benzene rings is 2. The molecule has 1 N–H and O–H groups in total. The first-order valence-corrected chi connectivity index (χ1v) is 10.7. The summed E-state index contributed by atoms with van der Waals surface area (Å²) in [6.07, 6.45) is 0.716. The largest absolute Gasteiger partial charge is 0.478 e. The standard InChI is InChI=1S/C26H33NO4/c1-8-22(19-10-9-11-21(14-19)27(17(4)5)18(6)7)23-15-20(25(28)29)12-13-24(23)31-26(30)16(2)3/h9-15,17-18,22H,2,8H2,1,3-7H3,(H,28,29)/t22-/m1/s1. The molecule has 0 saturated carbocycles. The maximum atomic E-state index is 12.2. The van der Waals surface area contributed by atoms with Crippen LogP contribution in [-0.2, 0) is 4.79 Å². The zero-order valence-corrected chi connectivity index (χ0v) is 19.3. The van der Waals surface area contributed by atoms with Crippen molar-refractivity contribution in [2.75, 3.05) is 4.90 Å². The van der Waals surface area contributed by atoms with Crippen molar-refractivity contribution in [3.8, 4) is 5.75 Å². The zero-order chi connectivity index (χ0) is 23.3. The van der Waals surface area contributed by atoms with Crippen molar-refractivity contribution in [3.05, 3.63) is 71.3 Å². The van der Waals surface area contributed by atoms with Crippen molar-refractivity contribution in [1.82, 2.24) is 0 Å². The highest BCUT2D eigenvalue weighted by Gasteiger charge is 2.22. The molecule has 5 heteroatoms. The van der Waals surface area contributed by atoms with E-state index in [2.05, 4.69) is 51.3 Å². The first kappa shape index (κ1) is 24.2. The topological polar surface area (TPSA) is 66.8 Å². The lowest BCUT2D eigenvalue weighted by molar-refractivity contribution is -0.130. The Morgan fingerprint density at radius 2 is 1.71 bits per heavy atom. The zero-order valence-electron chi connectivity index (χ0n) is 19.3. The summed E-state index contributed by atoms with van der Waals surface area (Å²) >= 11 is 0. The van der Waals surface area contributed by atoms with E-state index in [0.717, 1.165) is 11.3 Å². The third-order valence-corrected chi connectivity index (χ3v) is 5.27. The summed E-state index contributed by atoms with van der Waals surface area (Å²) in [5, 5.41) is 9.51. The second-order valence-corrected chi connectivity index (χ2v) is 8.38. The van der Waals surface area contributed by atoms with Crippen LogP contribution in [0.5, 0.6) is 5.75 Å². The number of nitrogens with zero attached hydrogens (tertiary/aromatic N) is 1. The van der Waals surface area contributed by atoms with E-state index in [1.165, 1.54) is 6.07 Å². The van der Waals surface area contributed by atoms with Gasteiger partial charge in [0.25, 0.3) is 0 Å². The van der Waals surface area contributed by atoms with Gasteiger partial charge in [-0.1, -0.05) is 25.6 Å². The third-order valence-electron chi connectivity index (χ3n) is 5.27. The second kappa shape index (κ2) is 10.3. The van der Waals surface area contributed by atoms with Gasteiger partial charge in [0.2, 0.25) is 0 Å². The fourth-order valence-electron chi connectivity index (χ4n) is 3.96. The Hall–Kier alpha value is -3.08. The van der Waals surface area contributed by atoms with E-state index in [1.807, 2.05) is 19.1 Å². The second-order valence-electron chi connectivity index (χ2n) is 8.38. The molecular formula is C26H33NO4. The number of hydrogen-bond donors (Lipinski definition) is 1. The molecule has 0 aliphatic heterocycles. The normalized spacial score (nSPS) is 12.0. The lowest BCUT2D eigenvalue weighted by atomic mass is 9.87. The molecule has 0 unspecified atom stereocenters. The van der Waals surface area contributed by atoms with Crippen molar-refractivity contribution in [2.45, 2.75) is 66.0 Å². The van der Waals surface area contributed by atoms with E-state index in [4.69, 9.17) is 4.74 Å². The van der Waals surface area contributed by atoms with Crippen molar-refractivity contribution in [3.63, 3.8) is 0 Å². The van der Waals surface area contributed by atoms with Gasteiger partial charge in [0.1, 0.15) is 5.75 Å². The van der Waals surface area contributed by atoms with Gasteiger partial charge in [-0.3, -0.25) is 0 Å². The summed E-state index contributed by atoms with van der Waals surface area (Å²) in [6.45, 7) is 15.9. The van der Waals surface area contributed by atoms with E-state index < -0.39 is 11.9 Å². The first-order valence-electron chi connectivity index (χ1n) is 10.7. The average Bonchev–Trinajstić information content (AvgIpc) is 2.69. The van der Waals surface area contributed by atoms with Crippen molar-refractivity contribution < 1.29 is 19.4 Å². The molecule has 0 aliphatic carbocycles. The van der Waals surface area contributed by atoms with Crippen LogP contribution in [-0.4, -0.2) is 29.1 Å². The van der Waals surface area contributed by atoms with Gasteiger partial charge < -0.3 is 14.7 Å². The van der Waals surface area contributed by atoms with Crippen LogP contribution >= 0.6 is 0 Å². The molecule has 2 aromatic carbocycles. The summed E-state index contributed by atoms with van der Waals surface area (Å²) < 4.78 is 5.56. The number of esters is 1. The van der Waals surface area contributed by atoms with Gasteiger partial charge >= 0.3 is 11.9 Å². The molecule has 0 amide bonds. The Kier molecular flexibility index (Phi) is 8.03. The maximum absolute atomic E-state index is 12.2. The molecule has 0 spiro atoms. The minimum atomic E-state index is -1.02. The lowest BCUT2D eigenvalue weighted by Crippen LogP contribution is -2.37. The number of carbonyl (C=O) groups is 2. The molecule has 0 aliphatic rings. The number of ether oxygens (including phenoxy) is 1. The Morgan fingerprint density at radius 1 is 1.06 bits per heavy atom. The Balaban J connectivity index is 2.60. The van der Waals surface area contributed by atoms with Crippen LogP contribution in [0.15, 0.2) is 54.6 Å². The van der Waals surface area contributed by atoms with Crippen LogP contribution in [0, 0.1) is 0 Å². The van der Waals surface area contributed by atoms with Crippen LogP contribution in [0.1, 0.15) is 75.4 Å². The fourth-order valence-corrected chi connectivity index (χ4v) is 3.96. The SMILES string of the molecule is C=C(C)C(=O)Oc1ccc(C(=O)O)cc1[C@H](CC)c1cccc(N(C(C)C)C(C)C)c1. The van der Waals surface area contributed by atoms with Gasteiger partial charge in [-0.25, -0.2) is 9.59 Å². The number of carboxylic acids is 1. The van der Waals surface area contributed by atoms with E-state index in [9.17, 15) is 14.7 Å². The Labute approximate surface area is 185 Å². The molecule has 2 aromatic rings. The molecule has 166 valence electrons. The van der Waals surface area contributed by atoms with Gasteiger partial charge in [0.05, 0.1) is 5.56 Å². The molecule has 1 atom stereocenters. The highest BCUT2D eigenvalue weighted by atomic mass is 16.5. The predicted molar refractivity (Wildman–Crippen MR) is 125 cm³/mol. The van der Waals surface area contributed by atoms with E-state index >= 15 is 0 Å². The van der Waals surface area contributed by atoms with Crippen LogP contribution in [0.25, 0.3) is 0 Å². The highest BCUT2D eigenvalue weighted by molar-refractivity contribution is 5.90. The van der Waals surface area contributed by atoms with Gasteiger partial charge in [0.15, 0.2) is 0 Å². The van der Waals surface area contributed by atoms with Crippen LogP contribution in [0.2, 0.25) is 0 Å². The summed E-state index contributed by atoms with van der Waals surface area (Å²) in [6, 6.07) is 13.6. The van der Waals surface area contributed by atoms with Gasteiger partial charge in [0, 0.05) is 34.8 Å². The lowest BCUT2D eigenvalue weighted by Gasteiger charge is -2.34. The van der Waals surface area contributed by atoms with Crippen LogP contribution < -0.4 is 9.64 Å². The van der Waals surface area contributed by atoms with Crippen LogP contribution in [0.3, 0.4) is 0 Å². The van der Waals surface area contributed by atoms with E-state index in [1.54, 1.807) is 19.1 Å². The Morgan fingerprint density at radius 3 is 2.23 bits per heavy atom. The smallest absolute Gasteiger partial charge is 0.338 e. The van der Waals surface area contributed by atoms with Crippen molar-refractivity contribution >= 4 is 17.6 Å². The highest BCUT2D eigenvalue weighted by Crippen LogP contribution is 2.37. The molecule has 0 bridgehead atoms. The first-order chi connectivity index (χ1) is 14.6. The molecule has 2 rings (SSSR count). The minimum absolute atomic E-state index is 0.131. The van der Waals surface area contributed by atoms with E-state index in [-0.39, 0.29) is 17.1 Å². The number of carbonyl (C=O) groups excluding carboxylic acids is 1. The number of carboxylic acid groups (broad SMARTS) is 1. The molecule has 5 nitrogen and oxygen atoms in total. The molecule has 0 aromatic heterocycles. The van der Waals surface area contributed by atoms with Crippen LogP contribution in [0.4, 0.5) is 5.69 Å². The van der Waals surface area contributed by atoms with Crippen molar-refractivity contribution in [2.24, 2.45) is 0 Å². The fraction of sp³-hybridized carbons (Fsp3) is 0.385. The quantitative estimate of drug-likeness (QED) is 0.303. The van der Waals surface area contributed by atoms with Gasteiger partial charge in [-0.15, -0.1) is 0 Å². The maximum Gasteiger partial charge on any atom is 0.338 e. The Bertz CT molecular complexity index is 954. The molecular weight excluding hydrogens is 390 g/mol. The minimum Gasteiger partial charge on any atom is -0.478 e. The third kappa shape index (κ3) is 5.75. The summed E-state index contributed by atoms with van der Waals surface area (Å²) in [7, 11) is 0. The monoisotopic (exact) mass is 423 g/mol. The number of hydrogen-bond acceptors (Lipinski definition) is 4. The molecule has 31 heavy (non-hydrogen) atoms. The molecule has 0 radical (unpaired) electrons. The number of aromatic carboxylic acids is 1. The van der Waals surface area contributed by atoms with Gasteiger partial charge in [-0.2, -0.15) is 0 Å². The molecule has 0 fully saturated rings.